The molecule has 0 unspecified atom stereocenters. The highest BCUT2D eigenvalue weighted by molar-refractivity contribution is 6.65. The van der Waals surface area contributed by atoms with Gasteiger partial charge in [-0.05, 0) is 0 Å². The summed E-state index contributed by atoms with van der Waals surface area (Å²) in [4.78, 5) is 10.8. The van der Waals surface area contributed by atoms with Gasteiger partial charge in [-0.1, -0.05) is 46.4 Å². The van der Waals surface area contributed by atoms with Crippen LogP contribution in [0.2, 0.25) is 0 Å². The summed E-state index contributed by atoms with van der Waals surface area (Å²) in [7, 11) is 0. The van der Waals surface area contributed by atoms with E-state index in [4.69, 9.17) is 46.4 Å². The Morgan fingerprint density at radius 2 is 1.00 bits per heavy atom. The zero-order valence-corrected chi connectivity index (χ0v) is 7.94. The number of Topliss-reactive ketones (excluding diaryl/α,β-unsaturated/α-hetero) is 1. The van der Waals surface area contributed by atoms with Crippen LogP contribution in [-0.2, 0) is 4.79 Å². The molecule has 0 aromatic carbocycles. The molecule has 0 saturated heterocycles. The Morgan fingerprint density at radius 3 is 1.09 bits per heavy atom. The van der Waals surface area contributed by atoms with E-state index in [0.717, 1.165) is 0 Å². The molecular formula is C5H2Cl4O2. The summed E-state index contributed by atoms with van der Waals surface area (Å²) >= 11 is 21.7. The van der Waals surface area contributed by atoms with E-state index < -0.39 is 5.78 Å². The second-order valence-corrected chi connectivity index (χ2v) is 3.10. The van der Waals surface area contributed by atoms with Gasteiger partial charge in [0.25, 0.3) is 0 Å². The maximum atomic E-state index is 10.8. The summed E-state index contributed by atoms with van der Waals surface area (Å²) < 4.78 is 0. The van der Waals surface area contributed by atoms with Crippen molar-refractivity contribution in [1.82, 2.24) is 0 Å². The largest absolute Gasteiger partial charge is 0.412 e. The molecule has 0 bridgehead atoms. The van der Waals surface area contributed by atoms with Crippen molar-refractivity contribution in [3.63, 3.8) is 0 Å². The Bertz CT molecular complexity index is 240. The molecule has 0 aliphatic heterocycles. The number of ketones is 1. The van der Waals surface area contributed by atoms with Gasteiger partial charge in [0, 0.05) is 0 Å². The summed E-state index contributed by atoms with van der Waals surface area (Å²) in [6, 6.07) is 0. The van der Waals surface area contributed by atoms with Crippen LogP contribution >= 0.6 is 46.4 Å². The van der Waals surface area contributed by atoms with Crippen molar-refractivity contribution in [2.75, 3.05) is 0 Å². The van der Waals surface area contributed by atoms with Gasteiger partial charge in [-0.15, -0.1) is 0 Å². The van der Waals surface area contributed by atoms with Gasteiger partial charge in [0.05, 0.1) is 10.1 Å². The molecule has 0 aromatic rings. The van der Waals surface area contributed by atoms with E-state index in [0.29, 0.717) is 0 Å². The Labute approximate surface area is 82.7 Å². The minimum Gasteiger partial charge on any atom is -0.412 e. The van der Waals surface area contributed by atoms with Gasteiger partial charge in [-0.25, -0.2) is 0 Å². The highest BCUT2D eigenvalue weighted by atomic mass is 35.5. The third-order valence-corrected chi connectivity index (χ3v) is 2.74. The van der Waals surface area contributed by atoms with E-state index in [9.17, 15) is 4.79 Å². The summed E-state index contributed by atoms with van der Waals surface area (Å²) in [5, 5.41) is -0.176. The quantitative estimate of drug-likeness (QED) is 0.635. The summed E-state index contributed by atoms with van der Waals surface area (Å²) in [5.74, 6) is -0.515. The van der Waals surface area contributed by atoms with Crippen LogP contribution in [0.15, 0.2) is 20.1 Å². The molecule has 1 aliphatic rings. The van der Waals surface area contributed by atoms with Crippen LogP contribution in [0, 0.1) is 0 Å². The number of carbonyl (C=O) groups excluding carboxylic acids is 1. The lowest BCUT2D eigenvalue weighted by atomic mass is 10.4. The number of rotatable bonds is 0. The van der Waals surface area contributed by atoms with Crippen molar-refractivity contribution in [2.24, 2.45) is 0 Å². The van der Waals surface area contributed by atoms with Crippen molar-refractivity contribution in [1.29, 1.82) is 0 Å². The first-order valence-electron chi connectivity index (χ1n) is 2.21. The lowest BCUT2D eigenvalue weighted by Crippen LogP contribution is -1.91. The van der Waals surface area contributed by atoms with Crippen molar-refractivity contribution < 1.29 is 10.3 Å². The summed E-state index contributed by atoms with van der Waals surface area (Å²) in [6.07, 6.45) is 0. The molecule has 0 atom stereocenters. The molecule has 0 spiro atoms. The molecule has 1 aliphatic carbocycles. The van der Waals surface area contributed by atoms with Crippen LogP contribution in [0.1, 0.15) is 0 Å². The van der Waals surface area contributed by atoms with E-state index >= 15 is 0 Å². The van der Waals surface area contributed by atoms with Gasteiger partial charge in [0.2, 0.25) is 5.78 Å². The summed E-state index contributed by atoms with van der Waals surface area (Å²) in [6.45, 7) is 0. The highest BCUT2D eigenvalue weighted by Crippen LogP contribution is 2.38. The standard InChI is InChI=1S/C5Cl4O.H2O/c6-1-2(7)4(9)5(10)3(1)8;/h;1H2. The maximum absolute atomic E-state index is 10.8. The molecule has 11 heavy (non-hydrogen) atoms. The molecule has 6 heteroatoms. The first-order chi connectivity index (χ1) is 4.55. The molecule has 0 aromatic heterocycles. The van der Waals surface area contributed by atoms with Gasteiger partial charge in [0.15, 0.2) is 0 Å². The van der Waals surface area contributed by atoms with Crippen LogP contribution < -0.4 is 0 Å². The monoisotopic (exact) mass is 234 g/mol. The molecule has 62 valence electrons. The van der Waals surface area contributed by atoms with Gasteiger partial charge in [-0.3, -0.25) is 4.79 Å². The lowest BCUT2D eigenvalue weighted by Gasteiger charge is -1.84. The predicted molar refractivity (Wildman–Crippen MR) is 46.1 cm³/mol. The number of carbonyl (C=O) groups is 1. The molecule has 1 rings (SSSR count). The topological polar surface area (TPSA) is 48.6 Å². The number of allylic oxidation sites excluding steroid dienone is 4. The molecule has 2 nitrogen and oxygen atoms in total. The van der Waals surface area contributed by atoms with Crippen molar-refractivity contribution in [3.05, 3.63) is 20.1 Å². The lowest BCUT2D eigenvalue weighted by molar-refractivity contribution is -0.110. The third-order valence-electron chi connectivity index (χ3n) is 0.977. The number of hydrogen-bond donors (Lipinski definition) is 0. The van der Waals surface area contributed by atoms with E-state index in [-0.39, 0.29) is 25.6 Å². The zero-order chi connectivity index (χ0) is 7.89. The van der Waals surface area contributed by atoms with E-state index in [1.165, 1.54) is 0 Å². The van der Waals surface area contributed by atoms with Gasteiger partial charge >= 0.3 is 0 Å². The third kappa shape index (κ3) is 1.71. The van der Waals surface area contributed by atoms with Crippen LogP contribution in [0.5, 0.6) is 0 Å². The molecule has 0 heterocycles. The molecule has 0 amide bonds. The maximum Gasteiger partial charge on any atom is 0.218 e. The minimum atomic E-state index is -0.515. The fraction of sp³-hybridized carbons (Fsp3) is 0. The van der Waals surface area contributed by atoms with Crippen molar-refractivity contribution >= 4 is 52.2 Å². The second kappa shape index (κ2) is 3.78. The predicted octanol–water partition coefficient (Wildman–Crippen LogP) is 2.12. The van der Waals surface area contributed by atoms with Crippen molar-refractivity contribution in [2.45, 2.75) is 0 Å². The Hall–Kier alpha value is 0.270. The number of hydrogen-bond acceptors (Lipinski definition) is 1. The fourth-order valence-corrected chi connectivity index (χ4v) is 1.37. The Balaban J connectivity index is 0.000001000. The Morgan fingerprint density at radius 1 is 0.727 bits per heavy atom. The van der Waals surface area contributed by atoms with E-state index in [1.54, 1.807) is 0 Å². The van der Waals surface area contributed by atoms with E-state index in [1.807, 2.05) is 0 Å². The first kappa shape index (κ1) is 11.3. The second-order valence-electron chi connectivity index (χ2n) is 1.59. The average Bonchev–Trinajstić information content (AvgIpc) is 2.07. The normalized spacial score (nSPS) is 17.6. The first-order valence-corrected chi connectivity index (χ1v) is 3.72. The van der Waals surface area contributed by atoms with Crippen molar-refractivity contribution in [3.8, 4) is 0 Å². The van der Waals surface area contributed by atoms with Gasteiger partial charge < -0.3 is 5.48 Å². The SMILES string of the molecule is O.O=C1C(Cl)=C(Cl)C(Cl)=C1Cl. The number of halogens is 4. The summed E-state index contributed by atoms with van der Waals surface area (Å²) in [5.41, 5.74) is 0. The molecule has 0 radical (unpaired) electrons. The molecular weight excluding hydrogens is 234 g/mol. The van der Waals surface area contributed by atoms with E-state index in [2.05, 4.69) is 0 Å². The zero-order valence-electron chi connectivity index (χ0n) is 4.92. The van der Waals surface area contributed by atoms with Gasteiger partial charge in [0.1, 0.15) is 10.1 Å². The minimum absolute atomic E-state index is 0. The molecule has 0 fully saturated rings. The highest BCUT2D eigenvalue weighted by Gasteiger charge is 2.27. The molecule has 0 saturated carbocycles. The van der Waals surface area contributed by atoms with Crippen LogP contribution in [0.25, 0.3) is 0 Å². The van der Waals surface area contributed by atoms with Gasteiger partial charge in [-0.2, -0.15) is 0 Å². The smallest absolute Gasteiger partial charge is 0.218 e. The van der Waals surface area contributed by atoms with Crippen LogP contribution in [-0.4, -0.2) is 11.3 Å². The van der Waals surface area contributed by atoms with Crippen LogP contribution in [0.4, 0.5) is 0 Å². The average molecular weight is 236 g/mol. The Kier molecular flexibility index (Phi) is 3.88. The molecule has 2 N–H and O–H groups in total. The van der Waals surface area contributed by atoms with Crippen LogP contribution in [0.3, 0.4) is 0 Å². The fourth-order valence-electron chi connectivity index (χ4n) is 0.488.